The monoisotopic (exact) mass is 600 g/mol. The molecule has 3 saturated carbocycles. The van der Waals surface area contributed by atoms with Crippen molar-refractivity contribution in [2.75, 3.05) is 6.54 Å². The molecule has 41 heavy (non-hydrogen) atoms. The Kier molecular flexibility index (Phi) is 7.41. The van der Waals surface area contributed by atoms with Gasteiger partial charge in [0, 0.05) is 17.8 Å². The van der Waals surface area contributed by atoms with Gasteiger partial charge in [0.15, 0.2) is 5.69 Å². The van der Waals surface area contributed by atoms with E-state index >= 15 is 0 Å². The first-order valence-electron chi connectivity index (χ1n) is 13.7. The van der Waals surface area contributed by atoms with Crippen molar-refractivity contribution in [3.8, 4) is 0 Å². The third-order valence-corrected chi connectivity index (χ3v) is 10.2. The van der Waals surface area contributed by atoms with Crippen LogP contribution < -0.4 is 0 Å². The minimum atomic E-state index is -4.93. The first-order chi connectivity index (χ1) is 19.1. The number of halogens is 5. The number of hydrogen-bond donors (Lipinski definition) is 2. The average molecular weight is 601 g/mol. The maximum atomic E-state index is 14.5. The minimum absolute atomic E-state index is 0.0673. The summed E-state index contributed by atoms with van der Waals surface area (Å²) in [7, 11) is 0. The highest BCUT2D eigenvalue weighted by atomic mass is 35.5. The van der Waals surface area contributed by atoms with E-state index in [1.54, 1.807) is 6.92 Å². The lowest BCUT2D eigenvalue weighted by Crippen LogP contribution is -2.43. The quantitative estimate of drug-likeness (QED) is 0.383. The summed E-state index contributed by atoms with van der Waals surface area (Å²) >= 11 is 6.08. The summed E-state index contributed by atoms with van der Waals surface area (Å²) in [6.07, 6.45) is -1.86. The van der Waals surface area contributed by atoms with E-state index < -0.39 is 65.3 Å². The van der Waals surface area contributed by atoms with Crippen LogP contribution in [0.25, 0.3) is 0 Å². The molecule has 3 aliphatic rings. The zero-order valence-corrected chi connectivity index (χ0v) is 23.7. The SMILES string of the molecule is CC1(C(=O)O)CCC(n2ncc(C(=O)N(C[C@H](O)c3c(F)cncc3Cl)C3C[C@@H]4[C@H](C3)C4(C)C)c2C(F)(F)F)CC1. The van der Waals surface area contributed by atoms with E-state index in [9.17, 15) is 37.4 Å². The van der Waals surface area contributed by atoms with Gasteiger partial charge in [-0.2, -0.15) is 18.3 Å². The molecule has 1 amide bonds. The van der Waals surface area contributed by atoms with Crippen LogP contribution in [0.4, 0.5) is 17.6 Å². The zero-order chi connectivity index (χ0) is 30.1. The van der Waals surface area contributed by atoms with E-state index in [2.05, 4.69) is 23.9 Å². The Labute approximate surface area is 239 Å². The third-order valence-electron chi connectivity index (χ3n) is 9.85. The highest BCUT2D eigenvalue weighted by Crippen LogP contribution is 2.67. The molecule has 0 bridgehead atoms. The molecule has 0 saturated heterocycles. The Hall–Kier alpha value is -2.73. The molecule has 0 spiro atoms. The Bertz CT molecular complexity index is 1320. The van der Waals surface area contributed by atoms with Gasteiger partial charge in [-0.25, -0.2) is 4.39 Å². The molecular formula is C28H33ClF4N4O4. The number of hydrogen-bond acceptors (Lipinski definition) is 5. The number of rotatable bonds is 7. The van der Waals surface area contributed by atoms with Gasteiger partial charge < -0.3 is 15.1 Å². The standard InChI is InChI=1S/C28H33ClF4N4O4/c1-26(2)17-8-15(9-18(17)26)36(13-21(38)22-19(29)11-34-12-20(22)30)24(39)16-10-35-37(23(16)28(31,32)33)14-4-6-27(3,7-5-14)25(40)41/h10-12,14-15,17-18,21,38H,4-9,13H2,1-3H3,(H,40,41)/t14?,15?,17-,18+,21-,27?/m0/s1. The van der Waals surface area contributed by atoms with Crippen molar-refractivity contribution in [1.82, 2.24) is 19.7 Å². The molecule has 2 heterocycles. The number of carbonyl (C=O) groups is 2. The van der Waals surface area contributed by atoms with E-state index in [1.807, 2.05) is 0 Å². The fourth-order valence-corrected chi connectivity index (χ4v) is 7.35. The van der Waals surface area contributed by atoms with Crippen LogP contribution in [0.2, 0.25) is 5.02 Å². The topological polar surface area (TPSA) is 109 Å². The number of carbonyl (C=O) groups excluding carboxylic acids is 1. The fourth-order valence-electron chi connectivity index (χ4n) is 7.08. The van der Waals surface area contributed by atoms with Crippen LogP contribution in [0.5, 0.6) is 0 Å². The zero-order valence-electron chi connectivity index (χ0n) is 23.0. The van der Waals surface area contributed by atoms with Crippen molar-refractivity contribution in [3.05, 3.63) is 46.3 Å². The molecule has 2 N–H and O–H groups in total. The van der Waals surface area contributed by atoms with Crippen LogP contribution in [-0.2, 0) is 11.0 Å². The number of aromatic nitrogens is 3. The fraction of sp³-hybridized carbons (Fsp3) is 0.643. The van der Waals surface area contributed by atoms with Crippen molar-refractivity contribution in [2.24, 2.45) is 22.7 Å². The van der Waals surface area contributed by atoms with E-state index in [0.29, 0.717) is 12.8 Å². The van der Waals surface area contributed by atoms with Gasteiger partial charge in [0.2, 0.25) is 0 Å². The molecule has 2 aromatic rings. The second-order valence-corrected chi connectivity index (χ2v) is 13.0. The molecule has 0 aliphatic heterocycles. The van der Waals surface area contributed by atoms with E-state index in [-0.39, 0.29) is 53.5 Å². The van der Waals surface area contributed by atoms with Crippen LogP contribution in [-0.4, -0.2) is 54.3 Å². The van der Waals surface area contributed by atoms with Gasteiger partial charge in [-0.3, -0.25) is 19.3 Å². The number of aliphatic hydroxyl groups excluding tert-OH is 1. The maximum absolute atomic E-state index is 14.5. The van der Waals surface area contributed by atoms with Crippen LogP contribution in [0, 0.1) is 28.5 Å². The Balaban J connectivity index is 1.47. The smallest absolute Gasteiger partial charge is 0.433 e. The molecule has 13 heteroatoms. The number of carboxylic acids is 1. The van der Waals surface area contributed by atoms with Crippen LogP contribution in [0.1, 0.15) is 93.1 Å². The predicted octanol–water partition coefficient (Wildman–Crippen LogP) is 5.91. The molecule has 3 fully saturated rings. The van der Waals surface area contributed by atoms with Gasteiger partial charge in [0.25, 0.3) is 5.91 Å². The summed E-state index contributed by atoms with van der Waals surface area (Å²) in [4.78, 5) is 30.4. The second-order valence-electron chi connectivity index (χ2n) is 12.6. The predicted molar refractivity (Wildman–Crippen MR) is 139 cm³/mol. The first kappa shape index (κ1) is 29.8. The number of aliphatic carboxylic acids is 1. The minimum Gasteiger partial charge on any atom is -0.481 e. The van der Waals surface area contributed by atoms with Crippen molar-refractivity contribution < 1.29 is 37.4 Å². The molecule has 4 atom stereocenters. The van der Waals surface area contributed by atoms with E-state index in [1.165, 1.54) is 4.90 Å². The third kappa shape index (κ3) is 5.22. The number of alkyl halides is 3. The van der Waals surface area contributed by atoms with Gasteiger partial charge in [-0.15, -0.1) is 0 Å². The number of pyridine rings is 1. The number of amides is 1. The van der Waals surface area contributed by atoms with Crippen LogP contribution >= 0.6 is 11.6 Å². The summed E-state index contributed by atoms with van der Waals surface area (Å²) in [5, 5.41) is 24.3. The lowest BCUT2D eigenvalue weighted by atomic mass is 9.74. The lowest BCUT2D eigenvalue weighted by molar-refractivity contribution is -0.152. The van der Waals surface area contributed by atoms with Crippen molar-refractivity contribution in [2.45, 2.75) is 83.7 Å². The molecular weight excluding hydrogens is 568 g/mol. The average Bonchev–Trinajstić information content (AvgIpc) is 3.30. The second kappa shape index (κ2) is 10.2. The highest BCUT2D eigenvalue weighted by Gasteiger charge is 2.63. The van der Waals surface area contributed by atoms with E-state index in [0.717, 1.165) is 23.3 Å². The summed E-state index contributed by atoms with van der Waals surface area (Å²) in [5.74, 6) is -2.26. The normalized spacial score (nSPS) is 29.6. The Morgan fingerprint density at radius 1 is 1.15 bits per heavy atom. The van der Waals surface area contributed by atoms with Crippen LogP contribution in [0.3, 0.4) is 0 Å². The van der Waals surface area contributed by atoms with Gasteiger partial charge in [0.1, 0.15) is 11.9 Å². The summed E-state index contributed by atoms with van der Waals surface area (Å²) in [6.45, 7) is 5.32. The number of fused-ring (bicyclic) bond motifs is 1. The molecule has 224 valence electrons. The maximum Gasteiger partial charge on any atom is 0.433 e. The molecule has 2 aromatic heterocycles. The largest absolute Gasteiger partial charge is 0.481 e. The number of aliphatic hydroxyl groups is 1. The van der Waals surface area contributed by atoms with Gasteiger partial charge in [-0.1, -0.05) is 25.4 Å². The van der Waals surface area contributed by atoms with Crippen LogP contribution in [0.15, 0.2) is 18.6 Å². The summed E-state index contributed by atoms with van der Waals surface area (Å²) in [5.41, 5.74) is -3.11. The Morgan fingerprint density at radius 3 is 2.29 bits per heavy atom. The van der Waals surface area contributed by atoms with E-state index in [4.69, 9.17) is 11.6 Å². The Morgan fingerprint density at radius 2 is 1.76 bits per heavy atom. The molecule has 8 nitrogen and oxygen atoms in total. The molecule has 3 aliphatic carbocycles. The van der Waals surface area contributed by atoms with Crippen molar-refractivity contribution >= 4 is 23.5 Å². The van der Waals surface area contributed by atoms with Gasteiger partial charge in [0.05, 0.1) is 41.0 Å². The lowest BCUT2D eigenvalue weighted by Gasteiger charge is -2.35. The summed E-state index contributed by atoms with van der Waals surface area (Å²) in [6, 6.07) is -1.19. The number of nitrogens with zero attached hydrogens (tertiary/aromatic N) is 4. The van der Waals surface area contributed by atoms with Gasteiger partial charge in [-0.05, 0) is 62.7 Å². The number of carboxylic acid groups (broad SMARTS) is 1. The van der Waals surface area contributed by atoms with Gasteiger partial charge >= 0.3 is 12.1 Å². The molecule has 5 rings (SSSR count). The highest BCUT2D eigenvalue weighted by molar-refractivity contribution is 6.31. The molecule has 0 radical (unpaired) electrons. The summed E-state index contributed by atoms with van der Waals surface area (Å²) < 4.78 is 59.0. The van der Waals surface area contributed by atoms with Crippen molar-refractivity contribution in [1.29, 1.82) is 0 Å². The molecule has 0 aromatic carbocycles. The molecule has 1 unspecified atom stereocenters. The first-order valence-corrected chi connectivity index (χ1v) is 14.1. The van der Waals surface area contributed by atoms with Crippen molar-refractivity contribution in [3.63, 3.8) is 0 Å².